The third-order valence-corrected chi connectivity index (χ3v) is 2.57. The van der Waals surface area contributed by atoms with Crippen molar-refractivity contribution >= 4 is 16.9 Å². The van der Waals surface area contributed by atoms with Crippen LogP contribution in [0.2, 0.25) is 0 Å². The van der Waals surface area contributed by atoms with Gasteiger partial charge in [0.25, 0.3) is 0 Å². The molecule has 84 valence electrons. The van der Waals surface area contributed by atoms with Crippen LogP contribution in [0.5, 0.6) is 0 Å². The standard InChI is InChI=1S/C12H14N2O2/c1-14-8-9(6-13-7-12(15)16)10-4-2-3-5-11(10)14/h2-5,8,13H,6-7H2,1H3,(H,15,16). The van der Waals surface area contributed by atoms with Crippen LogP contribution >= 0.6 is 0 Å². The zero-order chi connectivity index (χ0) is 11.5. The Labute approximate surface area is 93.5 Å². The number of rotatable bonds is 4. The lowest BCUT2D eigenvalue weighted by Gasteiger charge is -1.99. The molecule has 0 atom stereocenters. The number of benzene rings is 1. The van der Waals surface area contributed by atoms with Crippen molar-refractivity contribution in [1.29, 1.82) is 0 Å². The summed E-state index contributed by atoms with van der Waals surface area (Å²) in [5.74, 6) is -0.833. The van der Waals surface area contributed by atoms with Gasteiger partial charge in [-0.2, -0.15) is 0 Å². The number of carbonyl (C=O) groups is 1. The third kappa shape index (κ3) is 2.06. The van der Waals surface area contributed by atoms with Crippen molar-refractivity contribution in [3.05, 3.63) is 36.0 Å². The molecule has 0 saturated heterocycles. The van der Waals surface area contributed by atoms with Gasteiger partial charge in [0.1, 0.15) is 0 Å². The molecule has 0 fully saturated rings. The zero-order valence-corrected chi connectivity index (χ0v) is 9.10. The van der Waals surface area contributed by atoms with Gasteiger partial charge in [0.05, 0.1) is 6.54 Å². The molecule has 2 rings (SSSR count). The molecule has 0 unspecified atom stereocenters. The number of para-hydroxylation sites is 1. The summed E-state index contributed by atoms with van der Waals surface area (Å²) in [6.45, 7) is 0.566. The van der Waals surface area contributed by atoms with Gasteiger partial charge in [-0.1, -0.05) is 18.2 Å². The first kappa shape index (κ1) is 10.7. The summed E-state index contributed by atoms with van der Waals surface area (Å²) >= 11 is 0. The third-order valence-electron chi connectivity index (χ3n) is 2.57. The van der Waals surface area contributed by atoms with E-state index < -0.39 is 5.97 Å². The second-order valence-electron chi connectivity index (χ2n) is 3.78. The normalized spacial score (nSPS) is 10.8. The average molecular weight is 218 g/mol. The molecule has 0 aliphatic carbocycles. The molecule has 1 aromatic carbocycles. The molecule has 0 aliphatic heterocycles. The second-order valence-corrected chi connectivity index (χ2v) is 3.78. The van der Waals surface area contributed by atoms with Crippen molar-refractivity contribution in [2.45, 2.75) is 6.54 Å². The molecule has 2 N–H and O–H groups in total. The smallest absolute Gasteiger partial charge is 0.317 e. The van der Waals surface area contributed by atoms with Crippen LogP contribution in [-0.2, 0) is 18.4 Å². The molecular formula is C12H14N2O2. The van der Waals surface area contributed by atoms with Crippen LogP contribution < -0.4 is 5.32 Å². The van der Waals surface area contributed by atoms with Crippen molar-refractivity contribution in [1.82, 2.24) is 9.88 Å². The lowest BCUT2D eigenvalue weighted by atomic mass is 10.2. The molecule has 0 aliphatic rings. The topological polar surface area (TPSA) is 54.3 Å². The largest absolute Gasteiger partial charge is 0.480 e. The highest BCUT2D eigenvalue weighted by Crippen LogP contribution is 2.19. The predicted molar refractivity (Wildman–Crippen MR) is 62.3 cm³/mol. The quantitative estimate of drug-likeness (QED) is 0.814. The fraction of sp³-hybridized carbons (Fsp3) is 0.250. The first-order valence-corrected chi connectivity index (χ1v) is 5.14. The number of aryl methyl sites for hydroxylation is 1. The highest BCUT2D eigenvalue weighted by Gasteiger charge is 2.05. The SMILES string of the molecule is Cn1cc(CNCC(=O)O)c2ccccc21. The maximum absolute atomic E-state index is 10.4. The number of aromatic nitrogens is 1. The van der Waals surface area contributed by atoms with Gasteiger partial charge in [-0.15, -0.1) is 0 Å². The van der Waals surface area contributed by atoms with Gasteiger partial charge in [0, 0.05) is 30.7 Å². The van der Waals surface area contributed by atoms with Gasteiger partial charge in [-0.25, -0.2) is 0 Å². The molecular weight excluding hydrogens is 204 g/mol. The zero-order valence-electron chi connectivity index (χ0n) is 9.10. The van der Waals surface area contributed by atoms with Crippen LogP contribution in [0, 0.1) is 0 Å². The molecule has 0 radical (unpaired) electrons. The highest BCUT2D eigenvalue weighted by atomic mass is 16.4. The van der Waals surface area contributed by atoms with Crippen LogP contribution in [0.4, 0.5) is 0 Å². The van der Waals surface area contributed by atoms with Gasteiger partial charge in [0.15, 0.2) is 0 Å². The molecule has 1 aromatic heterocycles. The van der Waals surface area contributed by atoms with E-state index in [-0.39, 0.29) is 6.54 Å². The summed E-state index contributed by atoms with van der Waals surface area (Å²) in [5, 5.41) is 12.6. The van der Waals surface area contributed by atoms with Crippen molar-refractivity contribution in [2.24, 2.45) is 7.05 Å². The number of nitrogens with zero attached hydrogens (tertiary/aromatic N) is 1. The minimum atomic E-state index is -0.833. The fourth-order valence-electron chi connectivity index (χ4n) is 1.87. The van der Waals surface area contributed by atoms with Crippen LogP contribution in [0.3, 0.4) is 0 Å². The van der Waals surface area contributed by atoms with Crippen molar-refractivity contribution in [3.63, 3.8) is 0 Å². The van der Waals surface area contributed by atoms with E-state index in [9.17, 15) is 4.79 Å². The Hall–Kier alpha value is -1.81. The number of hydrogen-bond donors (Lipinski definition) is 2. The summed E-state index contributed by atoms with van der Waals surface area (Å²) in [7, 11) is 1.99. The minimum Gasteiger partial charge on any atom is -0.480 e. The van der Waals surface area contributed by atoms with Crippen molar-refractivity contribution in [2.75, 3.05) is 6.54 Å². The van der Waals surface area contributed by atoms with Gasteiger partial charge in [-0.3, -0.25) is 4.79 Å². The molecule has 0 amide bonds. The van der Waals surface area contributed by atoms with E-state index in [4.69, 9.17) is 5.11 Å². The highest BCUT2D eigenvalue weighted by molar-refractivity contribution is 5.83. The Bertz CT molecular complexity index is 517. The molecule has 1 heterocycles. The molecule has 4 nitrogen and oxygen atoms in total. The Kier molecular flexibility index (Phi) is 2.92. The average Bonchev–Trinajstić information content (AvgIpc) is 2.57. The van der Waals surface area contributed by atoms with E-state index in [0.717, 1.165) is 11.1 Å². The van der Waals surface area contributed by atoms with Crippen LogP contribution in [0.25, 0.3) is 10.9 Å². The van der Waals surface area contributed by atoms with E-state index in [2.05, 4.69) is 11.4 Å². The number of carboxylic acids is 1. The Morgan fingerprint density at radius 2 is 2.19 bits per heavy atom. The van der Waals surface area contributed by atoms with E-state index in [0.29, 0.717) is 6.54 Å². The Morgan fingerprint density at radius 3 is 2.94 bits per heavy atom. The van der Waals surface area contributed by atoms with Crippen LogP contribution in [0.1, 0.15) is 5.56 Å². The lowest BCUT2D eigenvalue weighted by Crippen LogP contribution is -2.21. The molecule has 0 bridgehead atoms. The predicted octanol–water partition coefficient (Wildman–Crippen LogP) is 1.35. The molecule has 2 aromatic rings. The monoisotopic (exact) mass is 218 g/mol. The van der Waals surface area contributed by atoms with Gasteiger partial charge >= 0.3 is 5.97 Å². The van der Waals surface area contributed by atoms with E-state index >= 15 is 0 Å². The summed E-state index contributed by atoms with van der Waals surface area (Å²) < 4.78 is 2.05. The number of hydrogen-bond acceptors (Lipinski definition) is 2. The molecule has 16 heavy (non-hydrogen) atoms. The number of aliphatic carboxylic acids is 1. The van der Waals surface area contributed by atoms with Crippen LogP contribution in [0.15, 0.2) is 30.5 Å². The minimum absolute atomic E-state index is 0.0107. The van der Waals surface area contributed by atoms with Gasteiger partial charge in [0.2, 0.25) is 0 Å². The molecule has 4 heteroatoms. The molecule has 0 spiro atoms. The van der Waals surface area contributed by atoms with Gasteiger partial charge in [-0.05, 0) is 11.6 Å². The maximum Gasteiger partial charge on any atom is 0.317 e. The first-order chi connectivity index (χ1) is 7.68. The molecule has 0 saturated carbocycles. The fourth-order valence-corrected chi connectivity index (χ4v) is 1.87. The number of nitrogens with one attached hydrogen (secondary N) is 1. The summed E-state index contributed by atoms with van der Waals surface area (Å²) in [4.78, 5) is 10.4. The summed E-state index contributed by atoms with van der Waals surface area (Å²) in [5.41, 5.74) is 2.29. The van der Waals surface area contributed by atoms with Crippen molar-refractivity contribution in [3.8, 4) is 0 Å². The van der Waals surface area contributed by atoms with E-state index in [1.165, 1.54) is 5.39 Å². The second kappa shape index (κ2) is 4.37. The summed E-state index contributed by atoms with van der Waals surface area (Å²) in [6, 6.07) is 8.09. The summed E-state index contributed by atoms with van der Waals surface area (Å²) in [6.07, 6.45) is 2.03. The first-order valence-electron chi connectivity index (χ1n) is 5.14. The number of fused-ring (bicyclic) bond motifs is 1. The maximum atomic E-state index is 10.4. The van der Waals surface area contributed by atoms with Gasteiger partial charge < -0.3 is 15.0 Å². The lowest BCUT2D eigenvalue weighted by molar-refractivity contribution is -0.135. The van der Waals surface area contributed by atoms with Crippen molar-refractivity contribution < 1.29 is 9.90 Å². The van der Waals surface area contributed by atoms with Crippen LogP contribution in [-0.4, -0.2) is 22.2 Å². The van der Waals surface area contributed by atoms with E-state index in [1.807, 2.05) is 36.0 Å². The Morgan fingerprint density at radius 1 is 1.44 bits per heavy atom. The Balaban J connectivity index is 2.21. The van der Waals surface area contributed by atoms with E-state index in [1.54, 1.807) is 0 Å². The number of carboxylic acid groups (broad SMARTS) is 1.